The number of hydrogen-bond acceptors (Lipinski definition) is 6. The van der Waals surface area contributed by atoms with Crippen molar-refractivity contribution >= 4 is 33.3 Å². The van der Waals surface area contributed by atoms with Crippen LogP contribution in [0.4, 0.5) is 0 Å². The molecular formula is C18H23N5OS2. The highest BCUT2D eigenvalue weighted by Crippen LogP contribution is 2.37. The molecule has 0 fully saturated rings. The van der Waals surface area contributed by atoms with E-state index in [9.17, 15) is 4.79 Å². The molecule has 138 valence electrons. The Morgan fingerprint density at radius 1 is 1.23 bits per heavy atom. The van der Waals surface area contributed by atoms with E-state index >= 15 is 0 Å². The highest BCUT2D eigenvalue weighted by atomic mass is 32.2. The summed E-state index contributed by atoms with van der Waals surface area (Å²) < 4.78 is 0. The summed E-state index contributed by atoms with van der Waals surface area (Å²) in [6, 6.07) is 0. The van der Waals surface area contributed by atoms with Crippen molar-refractivity contribution in [2.75, 3.05) is 0 Å². The zero-order chi connectivity index (χ0) is 18.4. The van der Waals surface area contributed by atoms with E-state index in [-0.39, 0.29) is 10.8 Å². The molecule has 2 unspecified atom stereocenters. The molecule has 3 aromatic rings. The Morgan fingerprint density at radius 3 is 2.77 bits per heavy atom. The molecule has 4 rings (SSSR count). The van der Waals surface area contributed by atoms with Crippen molar-refractivity contribution in [1.82, 2.24) is 25.1 Å². The van der Waals surface area contributed by atoms with Crippen molar-refractivity contribution in [3.63, 3.8) is 0 Å². The summed E-state index contributed by atoms with van der Waals surface area (Å²) in [5.41, 5.74) is 1.21. The molecule has 0 saturated heterocycles. The molecule has 1 aliphatic rings. The maximum atomic E-state index is 12.7. The van der Waals surface area contributed by atoms with Crippen LogP contribution >= 0.6 is 23.1 Å². The lowest BCUT2D eigenvalue weighted by Crippen LogP contribution is -2.15. The van der Waals surface area contributed by atoms with Crippen molar-refractivity contribution < 1.29 is 0 Å². The van der Waals surface area contributed by atoms with Crippen LogP contribution in [-0.4, -0.2) is 25.1 Å². The van der Waals surface area contributed by atoms with E-state index < -0.39 is 0 Å². The zero-order valence-electron chi connectivity index (χ0n) is 15.4. The Kier molecular flexibility index (Phi) is 4.64. The molecular weight excluding hydrogens is 366 g/mol. The van der Waals surface area contributed by atoms with Gasteiger partial charge in [-0.15, -0.1) is 16.4 Å². The van der Waals surface area contributed by atoms with Gasteiger partial charge in [0.25, 0.3) is 5.56 Å². The van der Waals surface area contributed by atoms with Crippen LogP contribution in [0.15, 0.2) is 9.95 Å². The number of aryl methyl sites for hydroxylation is 1. The average Bonchev–Trinajstić information content (AvgIpc) is 3.18. The number of nitrogens with one attached hydrogen (secondary N) is 2. The lowest BCUT2D eigenvalue weighted by molar-refractivity contribution is 0.509. The van der Waals surface area contributed by atoms with Gasteiger partial charge in [-0.05, 0) is 37.7 Å². The van der Waals surface area contributed by atoms with Crippen molar-refractivity contribution in [2.45, 2.75) is 63.3 Å². The molecule has 0 aromatic carbocycles. The second kappa shape index (κ2) is 6.81. The Balaban J connectivity index is 1.65. The number of fused-ring (bicyclic) bond motifs is 3. The maximum Gasteiger partial charge on any atom is 0.259 e. The summed E-state index contributed by atoms with van der Waals surface area (Å²) in [5, 5.41) is 8.69. The molecule has 6 nitrogen and oxygen atoms in total. The molecule has 8 heteroatoms. The molecule has 0 amide bonds. The average molecular weight is 390 g/mol. The van der Waals surface area contributed by atoms with Crippen LogP contribution in [0.2, 0.25) is 0 Å². The Labute approximate surface area is 160 Å². The fraction of sp³-hybridized carbons (Fsp3) is 0.556. The van der Waals surface area contributed by atoms with Gasteiger partial charge in [0.2, 0.25) is 5.16 Å². The monoisotopic (exact) mass is 389 g/mol. The van der Waals surface area contributed by atoms with Gasteiger partial charge >= 0.3 is 0 Å². The SMILES string of the molecule is CC1CCc2c(sc3nc(C(C)Sc4n[nH]c(C(C)C)n4)[nH]c(=O)c23)C1. The van der Waals surface area contributed by atoms with Gasteiger partial charge in [-0.2, -0.15) is 0 Å². The molecule has 0 radical (unpaired) electrons. The van der Waals surface area contributed by atoms with Crippen molar-refractivity contribution in [3.05, 3.63) is 32.4 Å². The topological polar surface area (TPSA) is 87.3 Å². The quantitative estimate of drug-likeness (QED) is 0.653. The second-order valence-electron chi connectivity index (χ2n) is 7.40. The van der Waals surface area contributed by atoms with E-state index in [2.05, 4.69) is 40.9 Å². The standard InChI is InChI=1S/C18H23N5OS2/c1-8(2)14-21-18(23-22-14)25-10(4)15-19-16(24)13-11-6-5-9(3)7-12(11)26-17(13)20-15/h8-10H,5-7H2,1-4H3,(H,19,20,24)(H,21,22,23). The van der Waals surface area contributed by atoms with E-state index in [1.165, 1.54) is 22.2 Å². The summed E-state index contributed by atoms with van der Waals surface area (Å²) in [7, 11) is 0. The summed E-state index contributed by atoms with van der Waals surface area (Å²) in [5.74, 6) is 2.55. The molecule has 1 aliphatic carbocycles. The summed E-state index contributed by atoms with van der Waals surface area (Å²) in [6.45, 7) is 8.45. The summed E-state index contributed by atoms with van der Waals surface area (Å²) in [4.78, 5) is 27.2. The van der Waals surface area contributed by atoms with Gasteiger partial charge in [0.1, 0.15) is 16.5 Å². The lowest BCUT2D eigenvalue weighted by Gasteiger charge is -2.17. The van der Waals surface area contributed by atoms with Crippen molar-refractivity contribution in [2.24, 2.45) is 5.92 Å². The third-order valence-electron chi connectivity index (χ3n) is 4.88. The number of hydrogen-bond donors (Lipinski definition) is 2. The van der Waals surface area contributed by atoms with Crippen molar-refractivity contribution in [1.29, 1.82) is 0 Å². The summed E-state index contributed by atoms with van der Waals surface area (Å²) in [6.07, 6.45) is 3.19. The lowest BCUT2D eigenvalue weighted by atomic mass is 9.89. The number of nitrogens with zero attached hydrogens (tertiary/aromatic N) is 3. The molecule has 3 aromatic heterocycles. The number of thiophene rings is 1. The third kappa shape index (κ3) is 3.20. The predicted molar refractivity (Wildman–Crippen MR) is 106 cm³/mol. The Hall–Kier alpha value is -1.67. The number of rotatable bonds is 4. The third-order valence-corrected chi connectivity index (χ3v) is 7.00. The van der Waals surface area contributed by atoms with Gasteiger partial charge < -0.3 is 4.98 Å². The molecule has 0 saturated carbocycles. The van der Waals surface area contributed by atoms with Gasteiger partial charge in [-0.3, -0.25) is 9.89 Å². The van der Waals surface area contributed by atoms with Gasteiger partial charge in [0.05, 0.1) is 10.6 Å². The maximum absolute atomic E-state index is 12.7. The number of aromatic amines is 2. The fourth-order valence-corrected chi connectivity index (χ4v) is 5.52. The number of aromatic nitrogens is 5. The van der Waals surface area contributed by atoms with E-state index in [4.69, 9.17) is 4.98 Å². The van der Waals surface area contributed by atoms with Gasteiger partial charge in [0.15, 0.2) is 0 Å². The first-order chi connectivity index (χ1) is 12.4. The fourth-order valence-electron chi connectivity index (χ4n) is 3.34. The zero-order valence-corrected chi connectivity index (χ0v) is 17.1. The molecule has 0 aliphatic heterocycles. The van der Waals surface area contributed by atoms with Crippen LogP contribution in [0.25, 0.3) is 10.2 Å². The minimum Gasteiger partial charge on any atom is -0.309 e. The van der Waals surface area contributed by atoms with E-state index in [0.29, 0.717) is 22.8 Å². The van der Waals surface area contributed by atoms with E-state index in [1.807, 2.05) is 6.92 Å². The number of thioether (sulfide) groups is 1. The Morgan fingerprint density at radius 2 is 2.04 bits per heavy atom. The Bertz CT molecular complexity index is 1000. The van der Waals surface area contributed by atoms with Crippen LogP contribution in [0.3, 0.4) is 0 Å². The molecule has 2 N–H and O–H groups in total. The smallest absolute Gasteiger partial charge is 0.259 e. The van der Waals surface area contributed by atoms with Gasteiger partial charge in [-0.1, -0.05) is 32.5 Å². The van der Waals surface area contributed by atoms with Crippen LogP contribution in [-0.2, 0) is 12.8 Å². The molecule has 2 atom stereocenters. The van der Waals surface area contributed by atoms with Crippen LogP contribution in [0.1, 0.15) is 67.4 Å². The molecule has 3 heterocycles. The first kappa shape index (κ1) is 17.7. The van der Waals surface area contributed by atoms with Crippen LogP contribution in [0, 0.1) is 5.92 Å². The highest BCUT2D eigenvalue weighted by Gasteiger charge is 2.24. The minimum atomic E-state index is -0.0269. The molecule has 0 bridgehead atoms. The summed E-state index contributed by atoms with van der Waals surface area (Å²) >= 11 is 3.19. The molecule has 0 spiro atoms. The van der Waals surface area contributed by atoms with Gasteiger partial charge in [0, 0.05) is 10.8 Å². The van der Waals surface area contributed by atoms with E-state index in [1.54, 1.807) is 11.3 Å². The molecule has 26 heavy (non-hydrogen) atoms. The first-order valence-corrected chi connectivity index (χ1v) is 10.8. The predicted octanol–water partition coefficient (Wildman–Crippen LogP) is 4.20. The normalized spacial score (nSPS) is 18.4. The first-order valence-electron chi connectivity index (χ1n) is 9.05. The van der Waals surface area contributed by atoms with Crippen molar-refractivity contribution in [3.8, 4) is 0 Å². The van der Waals surface area contributed by atoms with Gasteiger partial charge in [-0.25, -0.2) is 9.97 Å². The second-order valence-corrected chi connectivity index (χ2v) is 9.79. The highest BCUT2D eigenvalue weighted by molar-refractivity contribution is 7.99. The largest absolute Gasteiger partial charge is 0.309 e. The van der Waals surface area contributed by atoms with Crippen LogP contribution < -0.4 is 5.56 Å². The number of H-pyrrole nitrogens is 2. The minimum absolute atomic E-state index is 0.0117. The van der Waals surface area contributed by atoms with E-state index in [0.717, 1.165) is 35.3 Å². The van der Waals surface area contributed by atoms with Crippen LogP contribution in [0.5, 0.6) is 0 Å².